The molecule has 0 aliphatic heterocycles. The van der Waals surface area contributed by atoms with Crippen LogP contribution in [0.2, 0.25) is 0 Å². The maximum Gasteiger partial charge on any atom is 0.276 e. The molecule has 0 amide bonds. The van der Waals surface area contributed by atoms with Crippen molar-refractivity contribution >= 4 is 10.2 Å². The van der Waals surface area contributed by atoms with Crippen molar-refractivity contribution < 1.29 is 17.2 Å². The molecule has 0 unspecified atom stereocenters. The molecular weight excluding hydrogens is 214 g/mol. The first-order chi connectivity index (χ1) is 6.35. The molecule has 0 saturated heterocycles. The van der Waals surface area contributed by atoms with Gasteiger partial charge in [0.15, 0.2) is 0 Å². The van der Waals surface area contributed by atoms with Crippen molar-refractivity contribution in [2.75, 3.05) is 7.05 Å². The maximum absolute atomic E-state index is 12.7. The molecule has 0 aromatic heterocycles. The quantitative estimate of drug-likeness (QED) is 0.744. The topological polar surface area (TPSA) is 58.2 Å². The number of rotatable bonds is 3. The van der Waals surface area contributed by atoms with Crippen LogP contribution in [-0.4, -0.2) is 27.4 Å². The molecule has 2 N–H and O–H groups in total. The molecule has 0 aromatic carbocycles. The van der Waals surface area contributed by atoms with Gasteiger partial charge in [-0.1, -0.05) is 0 Å². The largest absolute Gasteiger partial charge is 0.276 e. The van der Waals surface area contributed by atoms with Gasteiger partial charge >= 0.3 is 0 Å². The first-order valence-corrected chi connectivity index (χ1v) is 5.91. The molecular formula is C7H14F2N2O2S. The van der Waals surface area contributed by atoms with E-state index in [-0.39, 0.29) is 31.7 Å². The lowest BCUT2D eigenvalue weighted by Gasteiger charge is -2.28. The van der Waals surface area contributed by atoms with Crippen molar-refractivity contribution in [2.24, 2.45) is 0 Å². The smallest absolute Gasteiger partial charge is 0.207 e. The molecule has 1 aliphatic carbocycles. The second-order valence-electron chi connectivity index (χ2n) is 3.46. The fourth-order valence-corrected chi connectivity index (χ4v) is 2.23. The van der Waals surface area contributed by atoms with Gasteiger partial charge in [0.2, 0.25) is 5.92 Å². The highest BCUT2D eigenvalue weighted by Crippen LogP contribution is 2.33. The van der Waals surface area contributed by atoms with E-state index < -0.39 is 16.1 Å². The van der Waals surface area contributed by atoms with Gasteiger partial charge in [-0.3, -0.25) is 0 Å². The third-order valence-electron chi connectivity index (χ3n) is 2.31. The lowest BCUT2D eigenvalue weighted by atomic mass is 9.93. The zero-order chi connectivity index (χ0) is 10.8. The maximum atomic E-state index is 12.7. The van der Waals surface area contributed by atoms with E-state index in [9.17, 15) is 17.2 Å². The Hall–Kier alpha value is -0.270. The Morgan fingerprint density at radius 3 is 2.21 bits per heavy atom. The average molecular weight is 228 g/mol. The summed E-state index contributed by atoms with van der Waals surface area (Å²) in [5.41, 5.74) is 0. The Morgan fingerprint density at radius 2 is 1.79 bits per heavy atom. The van der Waals surface area contributed by atoms with E-state index >= 15 is 0 Å². The average Bonchev–Trinajstić information content (AvgIpc) is 2.09. The van der Waals surface area contributed by atoms with Gasteiger partial charge in [-0.2, -0.15) is 13.1 Å². The van der Waals surface area contributed by atoms with Gasteiger partial charge in [0.25, 0.3) is 10.2 Å². The van der Waals surface area contributed by atoms with Crippen molar-refractivity contribution in [3.05, 3.63) is 0 Å². The second-order valence-corrected chi connectivity index (χ2v) is 5.11. The van der Waals surface area contributed by atoms with Crippen molar-refractivity contribution in [2.45, 2.75) is 37.6 Å². The van der Waals surface area contributed by atoms with Gasteiger partial charge in [-0.25, -0.2) is 13.5 Å². The highest BCUT2D eigenvalue weighted by atomic mass is 32.2. The third kappa shape index (κ3) is 3.47. The van der Waals surface area contributed by atoms with Crippen LogP contribution in [0.3, 0.4) is 0 Å². The summed E-state index contributed by atoms with van der Waals surface area (Å²) in [5.74, 6) is -2.62. The molecule has 1 aliphatic rings. The number of nitrogens with one attached hydrogen (secondary N) is 2. The lowest BCUT2D eigenvalue weighted by molar-refractivity contribution is -0.0387. The van der Waals surface area contributed by atoms with Gasteiger partial charge in [0, 0.05) is 25.9 Å². The summed E-state index contributed by atoms with van der Waals surface area (Å²) in [6, 6.07) is -0.368. The van der Waals surface area contributed by atoms with Crippen LogP contribution in [0.4, 0.5) is 8.78 Å². The molecule has 0 radical (unpaired) electrons. The van der Waals surface area contributed by atoms with E-state index in [1.807, 2.05) is 0 Å². The van der Waals surface area contributed by atoms with E-state index in [2.05, 4.69) is 9.44 Å². The molecule has 0 spiro atoms. The van der Waals surface area contributed by atoms with Crippen LogP contribution in [0, 0.1) is 0 Å². The van der Waals surface area contributed by atoms with Gasteiger partial charge in [0.05, 0.1) is 0 Å². The van der Waals surface area contributed by atoms with Crippen molar-refractivity contribution in [3.8, 4) is 0 Å². The van der Waals surface area contributed by atoms with E-state index in [1.54, 1.807) is 0 Å². The summed E-state index contributed by atoms with van der Waals surface area (Å²) < 4.78 is 51.8. The highest BCUT2D eigenvalue weighted by molar-refractivity contribution is 7.87. The number of halogens is 2. The van der Waals surface area contributed by atoms with Crippen molar-refractivity contribution in [1.29, 1.82) is 0 Å². The van der Waals surface area contributed by atoms with E-state index in [0.29, 0.717) is 0 Å². The monoisotopic (exact) mass is 228 g/mol. The van der Waals surface area contributed by atoms with Gasteiger partial charge in [-0.05, 0) is 12.8 Å². The summed E-state index contributed by atoms with van der Waals surface area (Å²) in [5, 5.41) is 0. The van der Waals surface area contributed by atoms with Crippen LogP contribution in [0.1, 0.15) is 25.7 Å². The Kier molecular flexibility index (Phi) is 3.44. The molecule has 0 aromatic rings. The molecule has 0 bridgehead atoms. The first-order valence-electron chi connectivity index (χ1n) is 4.43. The summed E-state index contributed by atoms with van der Waals surface area (Å²) in [6.07, 6.45) is -0.115. The molecule has 84 valence electrons. The minimum atomic E-state index is -3.50. The minimum Gasteiger partial charge on any atom is -0.207 e. The van der Waals surface area contributed by atoms with Crippen LogP contribution in [-0.2, 0) is 10.2 Å². The molecule has 7 heteroatoms. The SMILES string of the molecule is CNS(=O)(=O)NC1CCC(F)(F)CC1. The normalized spacial score (nSPS) is 23.6. The van der Waals surface area contributed by atoms with E-state index in [1.165, 1.54) is 7.05 Å². The highest BCUT2D eigenvalue weighted by Gasteiger charge is 2.35. The Morgan fingerprint density at radius 1 is 1.29 bits per heavy atom. The standard InChI is InChI=1S/C7H14F2N2O2S/c1-10-14(12,13)11-6-2-4-7(8,9)5-3-6/h6,10-11H,2-5H2,1H3. The zero-order valence-electron chi connectivity index (χ0n) is 7.89. The van der Waals surface area contributed by atoms with Gasteiger partial charge in [-0.15, -0.1) is 0 Å². The number of hydrogen-bond donors (Lipinski definition) is 2. The first kappa shape index (κ1) is 11.8. The van der Waals surface area contributed by atoms with Gasteiger partial charge < -0.3 is 0 Å². The van der Waals surface area contributed by atoms with E-state index in [4.69, 9.17) is 0 Å². The van der Waals surface area contributed by atoms with Crippen LogP contribution < -0.4 is 9.44 Å². The lowest BCUT2D eigenvalue weighted by Crippen LogP contribution is -2.44. The van der Waals surface area contributed by atoms with Crippen LogP contribution >= 0.6 is 0 Å². The Labute approximate surface area is 82.3 Å². The molecule has 4 nitrogen and oxygen atoms in total. The van der Waals surface area contributed by atoms with E-state index in [0.717, 1.165) is 0 Å². The molecule has 1 fully saturated rings. The Balaban J connectivity index is 2.44. The predicted octanol–water partition coefficient (Wildman–Crippen LogP) is 0.618. The van der Waals surface area contributed by atoms with Crippen LogP contribution in [0.25, 0.3) is 0 Å². The molecule has 1 rings (SSSR count). The van der Waals surface area contributed by atoms with Crippen LogP contribution in [0.15, 0.2) is 0 Å². The minimum absolute atomic E-state index is 0.188. The second kappa shape index (κ2) is 4.08. The third-order valence-corrected chi connectivity index (χ3v) is 3.49. The molecule has 0 heterocycles. The zero-order valence-corrected chi connectivity index (χ0v) is 8.70. The van der Waals surface area contributed by atoms with Crippen molar-refractivity contribution in [1.82, 2.24) is 9.44 Å². The fourth-order valence-electron chi connectivity index (χ4n) is 1.44. The summed E-state index contributed by atoms with van der Waals surface area (Å²) in [7, 11) is -2.22. The van der Waals surface area contributed by atoms with Gasteiger partial charge in [0.1, 0.15) is 0 Å². The molecule has 14 heavy (non-hydrogen) atoms. The fraction of sp³-hybridized carbons (Fsp3) is 1.00. The molecule has 0 atom stereocenters. The summed E-state index contributed by atoms with van der Waals surface area (Å²) in [4.78, 5) is 0. The number of hydrogen-bond acceptors (Lipinski definition) is 2. The summed E-state index contributed by atoms with van der Waals surface area (Å²) in [6.45, 7) is 0. The van der Waals surface area contributed by atoms with Crippen LogP contribution in [0.5, 0.6) is 0 Å². The Bertz CT molecular complexity index is 282. The molecule has 1 saturated carbocycles. The predicted molar refractivity (Wildman–Crippen MR) is 48.3 cm³/mol. The number of alkyl halides is 2. The summed E-state index contributed by atoms with van der Waals surface area (Å²) >= 11 is 0. The van der Waals surface area contributed by atoms with Crippen molar-refractivity contribution in [3.63, 3.8) is 0 Å².